The van der Waals surface area contributed by atoms with Crippen LogP contribution in [0.5, 0.6) is 0 Å². The molecule has 0 saturated heterocycles. The molecule has 0 N–H and O–H groups in total. The van der Waals surface area contributed by atoms with Crippen molar-refractivity contribution in [3.05, 3.63) is 186 Å². The van der Waals surface area contributed by atoms with Crippen LogP contribution in [0.4, 0.5) is 0 Å². The minimum atomic E-state index is -0.0870. The maximum absolute atomic E-state index is 5.04. The maximum atomic E-state index is 5.04. The van der Waals surface area contributed by atoms with Gasteiger partial charge >= 0.3 is 0 Å². The van der Waals surface area contributed by atoms with Crippen LogP contribution in [0.3, 0.4) is 0 Å². The van der Waals surface area contributed by atoms with Crippen molar-refractivity contribution < 1.29 is 0 Å². The fourth-order valence-electron chi connectivity index (χ4n) is 7.85. The molecule has 7 aromatic rings. The Balaban J connectivity index is 1.20. The van der Waals surface area contributed by atoms with Gasteiger partial charge in [0.15, 0.2) is 17.5 Å². The predicted octanol–water partition coefficient (Wildman–Crippen LogP) is 9.92. The molecule has 1 heterocycles. The SMILES string of the molecule is c1ccc(-c2nc(-c3ccccc3)nc(-c3cccc(C4CC5(Cc6ccccc64)c4ccccc4-c4ccccc45)c3)n2)cc1. The van der Waals surface area contributed by atoms with E-state index in [1.807, 2.05) is 36.4 Å². The molecule has 0 bridgehead atoms. The summed E-state index contributed by atoms with van der Waals surface area (Å²) in [4.78, 5) is 15.0. The average Bonchev–Trinajstić information content (AvgIpc) is 3.40. The largest absolute Gasteiger partial charge is 0.208 e. The Hall–Kier alpha value is -5.67. The zero-order valence-electron chi connectivity index (χ0n) is 25.3. The molecular formula is C43H31N3. The Morgan fingerprint density at radius 2 is 0.957 bits per heavy atom. The summed E-state index contributed by atoms with van der Waals surface area (Å²) in [6.45, 7) is 0. The van der Waals surface area contributed by atoms with Gasteiger partial charge in [0.2, 0.25) is 0 Å². The zero-order chi connectivity index (χ0) is 30.5. The van der Waals surface area contributed by atoms with E-state index in [1.54, 1.807) is 0 Å². The van der Waals surface area contributed by atoms with Crippen molar-refractivity contribution in [2.75, 3.05) is 0 Å². The highest BCUT2D eigenvalue weighted by Gasteiger charge is 2.47. The minimum absolute atomic E-state index is 0.0870. The van der Waals surface area contributed by atoms with E-state index < -0.39 is 0 Å². The lowest BCUT2D eigenvalue weighted by atomic mass is 9.61. The highest BCUT2D eigenvalue weighted by atomic mass is 15.0. The molecule has 2 aliphatic rings. The van der Waals surface area contributed by atoms with Crippen molar-refractivity contribution in [1.29, 1.82) is 0 Å². The molecule has 0 saturated carbocycles. The topological polar surface area (TPSA) is 38.7 Å². The standard InChI is InChI=1S/C43H31N3/c1-3-14-29(15-4-1)40-44-41(30-16-5-2-6-17-30)46-42(45-40)32-20-13-19-31(26-32)37-28-43(27-33-18-7-8-21-34(33)37)38-24-11-9-22-35(38)36-23-10-12-25-39(36)43/h1-26,37H,27-28H2. The lowest BCUT2D eigenvalue weighted by Gasteiger charge is -2.41. The van der Waals surface area contributed by atoms with Gasteiger partial charge in [0.25, 0.3) is 0 Å². The summed E-state index contributed by atoms with van der Waals surface area (Å²) >= 11 is 0. The van der Waals surface area contributed by atoms with Crippen LogP contribution < -0.4 is 0 Å². The van der Waals surface area contributed by atoms with Gasteiger partial charge in [-0.05, 0) is 57.9 Å². The first-order valence-electron chi connectivity index (χ1n) is 16.0. The zero-order valence-corrected chi connectivity index (χ0v) is 25.3. The molecule has 3 nitrogen and oxygen atoms in total. The Kier molecular flexibility index (Phi) is 6.24. The van der Waals surface area contributed by atoms with Gasteiger partial charge in [-0.1, -0.05) is 152 Å². The van der Waals surface area contributed by atoms with Gasteiger partial charge in [0.05, 0.1) is 0 Å². The number of hydrogen-bond donors (Lipinski definition) is 0. The number of hydrogen-bond acceptors (Lipinski definition) is 3. The van der Waals surface area contributed by atoms with Crippen molar-refractivity contribution >= 4 is 0 Å². The summed E-state index contributed by atoms with van der Waals surface area (Å²) in [7, 11) is 0. The van der Waals surface area contributed by atoms with Crippen LogP contribution in [-0.4, -0.2) is 15.0 Å². The smallest absolute Gasteiger partial charge is 0.164 e. The van der Waals surface area contributed by atoms with E-state index in [1.165, 1.54) is 38.9 Å². The summed E-state index contributed by atoms with van der Waals surface area (Å²) < 4.78 is 0. The van der Waals surface area contributed by atoms with Crippen LogP contribution in [0.2, 0.25) is 0 Å². The molecule has 1 spiro atoms. The second kappa shape index (κ2) is 10.7. The predicted molar refractivity (Wildman–Crippen MR) is 185 cm³/mol. The molecule has 6 aromatic carbocycles. The van der Waals surface area contributed by atoms with Crippen LogP contribution in [-0.2, 0) is 11.8 Å². The van der Waals surface area contributed by atoms with E-state index in [-0.39, 0.29) is 11.3 Å². The van der Waals surface area contributed by atoms with Gasteiger partial charge in [-0.25, -0.2) is 15.0 Å². The van der Waals surface area contributed by atoms with Gasteiger partial charge in [-0.15, -0.1) is 0 Å². The van der Waals surface area contributed by atoms with Crippen molar-refractivity contribution in [1.82, 2.24) is 15.0 Å². The third-order valence-corrected chi connectivity index (χ3v) is 9.90. The summed E-state index contributed by atoms with van der Waals surface area (Å²) in [5, 5.41) is 0. The molecular weight excluding hydrogens is 558 g/mol. The molecule has 2 aliphatic carbocycles. The molecule has 0 fully saturated rings. The van der Waals surface area contributed by atoms with Gasteiger partial charge in [-0.2, -0.15) is 0 Å². The Bertz CT molecular complexity index is 2120. The van der Waals surface area contributed by atoms with Crippen LogP contribution in [0.1, 0.15) is 40.2 Å². The Morgan fingerprint density at radius 1 is 0.457 bits per heavy atom. The molecule has 46 heavy (non-hydrogen) atoms. The van der Waals surface area contributed by atoms with Crippen molar-refractivity contribution in [3.63, 3.8) is 0 Å². The summed E-state index contributed by atoms with van der Waals surface area (Å²) in [5.41, 5.74) is 12.6. The van der Waals surface area contributed by atoms with Crippen LogP contribution >= 0.6 is 0 Å². The first-order chi connectivity index (χ1) is 22.8. The van der Waals surface area contributed by atoms with Crippen LogP contribution in [0.15, 0.2) is 158 Å². The first-order valence-corrected chi connectivity index (χ1v) is 16.0. The lowest BCUT2D eigenvalue weighted by molar-refractivity contribution is 0.423. The molecule has 0 radical (unpaired) electrons. The van der Waals surface area contributed by atoms with Gasteiger partial charge in [0, 0.05) is 28.0 Å². The second-order valence-electron chi connectivity index (χ2n) is 12.5. The number of benzene rings is 6. The highest BCUT2D eigenvalue weighted by Crippen LogP contribution is 2.58. The van der Waals surface area contributed by atoms with E-state index in [2.05, 4.69) is 121 Å². The monoisotopic (exact) mass is 589 g/mol. The first kappa shape index (κ1) is 26.7. The third kappa shape index (κ3) is 4.31. The molecule has 0 aliphatic heterocycles. The van der Waals surface area contributed by atoms with Gasteiger partial charge < -0.3 is 0 Å². The molecule has 218 valence electrons. The van der Waals surface area contributed by atoms with E-state index in [4.69, 9.17) is 15.0 Å². The van der Waals surface area contributed by atoms with Gasteiger partial charge in [0.1, 0.15) is 0 Å². The van der Waals surface area contributed by atoms with Crippen LogP contribution in [0.25, 0.3) is 45.3 Å². The fraction of sp³-hybridized carbons (Fsp3) is 0.0930. The van der Waals surface area contributed by atoms with E-state index in [0.29, 0.717) is 17.5 Å². The minimum Gasteiger partial charge on any atom is -0.208 e. The van der Waals surface area contributed by atoms with E-state index in [0.717, 1.165) is 29.5 Å². The summed E-state index contributed by atoms with van der Waals surface area (Å²) in [5.74, 6) is 2.25. The average molecular weight is 590 g/mol. The lowest BCUT2D eigenvalue weighted by Crippen LogP contribution is -2.35. The molecule has 1 aromatic heterocycles. The summed E-state index contributed by atoms with van der Waals surface area (Å²) in [6, 6.07) is 56.4. The number of fused-ring (bicyclic) bond motifs is 6. The van der Waals surface area contributed by atoms with Crippen molar-refractivity contribution in [3.8, 4) is 45.3 Å². The van der Waals surface area contributed by atoms with Crippen molar-refractivity contribution in [2.24, 2.45) is 0 Å². The Morgan fingerprint density at radius 3 is 1.59 bits per heavy atom. The Labute approximate surface area is 269 Å². The second-order valence-corrected chi connectivity index (χ2v) is 12.5. The number of rotatable bonds is 4. The fourth-order valence-corrected chi connectivity index (χ4v) is 7.85. The highest BCUT2D eigenvalue weighted by molar-refractivity contribution is 5.82. The molecule has 3 heteroatoms. The van der Waals surface area contributed by atoms with E-state index >= 15 is 0 Å². The molecule has 9 rings (SSSR count). The molecule has 0 amide bonds. The molecule has 1 unspecified atom stereocenters. The molecule has 1 atom stereocenters. The number of aromatic nitrogens is 3. The van der Waals surface area contributed by atoms with Crippen molar-refractivity contribution in [2.45, 2.75) is 24.2 Å². The third-order valence-electron chi connectivity index (χ3n) is 9.90. The maximum Gasteiger partial charge on any atom is 0.164 e. The van der Waals surface area contributed by atoms with E-state index in [9.17, 15) is 0 Å². The number of nitrogens with zero attached hydrogens (tertiary/aromatic N) is 3. The normalized spacial score (nSPS) is 15.6. The van der Waals surface area contributed by atoms with Gasteiger partial charge in [-0.3, -0.25) is 0 Å². The van der Waals surface area contributed by atoms with Crippen LogP contribution in [0, 0.1) is 0 Å². The quantitative estimate of drug-likeness (QED) is 0.205. The summed E-state index contributed by atoms with van der Waals surface area (Å²) in [6.07, 6.45) is 2.00.